The molecule has 0 radical (unpaired) electrons. The molecule has 164 valence electrons. The van der Waals surface area contributed by atoms with Crippen molar-refractivity contribution in [2.45, 2.75) is 36.1 Å². The molecule has 2 aromatic rings. The van der Waals surface area contributed by atoms with E-state index >= 15 is 0 Å². The summed E-state index contributed by atoms with van der Waals surface area (Å²) in [6.07, 6.45) is 0.436. The van der Waals surface area contributed by atoms with E-state index in [4.69, 9.17) is 16.3 Å². The maximum absolute atomic E-state index is 13.1. The molecule has 2 aliphatic heterocycles. The number of hydrogen-bond acceptors (Lipinski definition) is 6. The molecule has 1 aromatic carbocycles. The number of sulfonamides is 1. The molecule has 7 nitrogen and oxygen atoms in total. The first-order chi connectivity index (χ1) is 14.7. The zero-order valence-corrected chi connectivity index (χ0v) is 19.1. The summed E-state index contributed by atoms with van der Waals surface area (Å²) in [6, 6.07) is 10.4. The molecule has 2 aliphatic rings. The number of nitrogens with zero attached hydrogens (tertiary/aromatic N) is 1. The fourth-order valence-corrected chi connectivity index (χ4v) is 6.80. The van der Waals surface area contributed by atoms with Gasteiger partial charge in [-0.15, -0.1) is 11.3 Å². The zero-order valence-electron chi connectivity index (χ0n) is 16.8. The van der Waals surface area contributed by atoms with E-state index < -0.39 is 27.5 Å². The van der Waals surface area contributed by atoms with Crippen LogP contribution in [0.3, 0.4) is 0 Å². The number of amides is 1. The topological polar surface area (TPSA) is 92.8 Å². The Hall–Kier alpha value is -2.20. The van der Waals surface area contributed by atoms with Crippen LogP contribution in [0.5, 0.6) is 0 Å². The molecular weight excluding hydrogens is 460 g/mol. The second-order valence-electron chi connectivity index (χ2n) is 7.49. The number of thiophene rings is 1. The van der Waals surface area contributed by atoms with E-state index in [0.717, 1.165) is 16.9 Å². The number of piperidine rings is 1. The third-order valence-electron chi connectivity index (χ3n) is 5.67. The van der Waals surface area contributed by atoms with Gasteiger partial charge in [0.2, 0.25) is 0 Å². The van der Waals surface area contributed by atoms with Gasteiger partial charge in [0.05, 0.1) is 5.57 Å². The number of benzene rings is 1. The van der Waals surface area contributed by atoms with Crippen molar-refractivity contribution in [3.05, 3.63) is 63.5 Å². The summed E-state index contributed by atoms with van der Waals surface area (Å²) in [5.41, 5.74) is 0.170. The number of carbonyl (C=O) groups is 2. The van der Waals surface area contributed by atoms with Crippen molar-refractivity contribution in [3.63, 3.8) is 0 Å². The zero-order chi connectivity index (χ0) is 22.2. The van der Waals surface area contributed by atoms with Gasteiger partial charge in [0.1, 0.15) is 9.81 Å². The van der Waals surface area contributed by atoms with E-state index in [1.165, 1.54) is 4.31 Å². The lowest BCUT2D eigenvalue weighted by molar-refractivity contribution is -0.150. The Bertz CT molecular complexity index is 1150. The summed E-state index contributed by atoms with van der Waals surface area (Å²) < 4.78 is 32.9. The first-order valence-electron chi connectivity index (χ1n) is 9.74. The summed E-state index contributed by atoms with van der Waals surface area (Å²) in [6.45, 7) is 2.08. The molecule has 31 heavy (non-hydrogen) atoms. The van der Waals surface area contributed by atoms with Crippen LogP contribution in [0.4, 0.5) is 0 Å². The monoisotopic (exact) mass is 480 g/mol. The number of hydrogen-bond donors (Lipinski definition) is 1. The Kier molecular flexibility index (Phi) is 5.95. The third kappa shape index (κ3) is 4.03. The van der Waals surface area contributed by atoms with Crippen LogP contribution < -0.4 is 5.32 Å². The Morgan fingerprint density at radius 2 is 1.94 bits per heavy atom. The molecule has 0 unspecified atom stereocenters. The van der Waals surface area contributed by atoms with Crippen LogP contribution >= 0.6 is 22.9 Å². The van der Waals surface area contributed by atoms with E-state index in [-0.39, 0.29) is 47.8 Å². The van der Waals surface area contributed by atoms with Crippen molar-refractivity contribution in [1.82, 2.24) is 9.62 Å². The second-order valence-corrected chi connectivity index (χ2v) is 11.0. The van der Waals surface area contributed by atoms with Crippen molar-refractivity contribution in [2.24, 2.45) is 0 Å². The standard InChI is InChI=1S/C21H21ClN2O5S2/c1-14-18(19(25)23-13-15-5-2-3-6-16(15)22)21(29-20(14)26)8-10-24(11-9-21)31(27,28)17-7-4-12-30-17/h2-7,12H,8-11,13H2,1H3,(H,23,25). The predicted molar refractivity (Wildman–Crippen MR) is 117 cm³/mol. The summed E-state index contributed by atoms with van der Waals surface area (Å²) in [4.78, 5) is 25.4. The third-order valence-corrected chi connectivity index (χ3v) is 9.31. The predicted octanol–water partition coefficient (Wildman–Crippen LogP) is 3.11. The fraction of sp³-hybridized carbons (Fsp3) is 0.333. The van der Waals surface area contributed by atoms with Crippen molar-refractivity contribution in [1.29, 1.82) is 0 Å². The van der Waals surface area contributed by atoms with Crippen LogP contribution in [-0.2, 0) is 30.9 Å². The molecule has 1 amide bonds. The average Bonchev–Trinajstić information content (AvgIpc) is 3.36. The molecule has 3 heterocycles. The van der Waals surface area contributed by atoms with Gasteiger partial charge in [-0.3, -0.25) is 4.79 Å². The van der Waals surface area contributed by atoms with Crippen LogP contribution in [-0.4, -0.2) is 43.3 Å². The number of ether oxygens (including phenoxy) is 1. The highest BCUT2D eigenvalue weighted by atomic mass is 35.5. The van der Waals surface area contributed by atoms with Gasteiger partial charge in [-0.25, -0.2) is 13.2 Å². The van der Waals surface area contributed by atoms with E-state index in [9.17, 15) is 18.0 Å². The van der Waals surface area contributed by atoms with Crippen LogP contribution in [0.15, 0.2) is 57.1 Å². The minimum absolute atomic E-state index is 0.155. The Labute approximate surface area is 189 Å². The maximum atomic E-state index is 13.1. The number of halogens is 1. The number of carbonyl (C=O) groups excluding carboxylic acids is 2. The molecule has 0 aliphatic carbocycles. The van der Waals surface area contributed by atoms with E-state index in [1.54, 1.807) is 36.6 Å². The molecule has 1 spiro atoms. The van der Waals surface area contributed by atoms with Crippen molar-refractivity contribution in [3.8, 4) is 0 Å². The normalized spacial score (nSPS) is 19.0. The highest BCUT2D eigenvalue weighted by Crippen LogP contribution is 2.42. The number of nitrogens with one attached hydrogen (secondary N) is 1. The van der Waals surface area contributed by atoms with Crippen molar-refractivity contribution >= 4 is 44.8 Å². The first kappa shape index (κ1) is 22.0. The van der Waals surface area contributed by atoms with Crippen molar-refractivity contribution in [2.75, 3.05) is 13.1 Å². The fourth-order valence-electron chi connectivity index (χ4n) is 4.01. The molecule has 10 heteroatoms. The Balaban J connectivity index is 1.51. The van der Waals surface area contributed by atoms with Crippen LogP contribution in [0.1, 0.15) is 25.3 Å². The van der Waals surface area contributed by atoms with Gasteiger partial charge in [-0.1, -0.05) is 35.9 Å². The van der Waals surface area contributed by atoms with E-state index in [0.29, 0.717) is 5.02 Å². The molecule has 1 aromatic heterocycles. The lowest BCUT2D eigenvalue weighted by Gasteiger charge is -2.38. The molecule has 1 saturated heterocycles. The average molecular weight is 481 g/mol. The van der Waals surface area contributed by atoms with Crippen molar-refractivity contribution < 1.29 is 22.7 Å². The molecule has 4 rings (SSSR count). The van der Waals surface area contributed by atoms with E-state index in [1.807, 2.05) is 12.1 Å². The smallest absolute Gasteiger partial charge is 0.335 e. The largest absolute Gasteiger partial charge is 0.450 e. The molecule has 1 N–H and O–H groups in total. The van der Waals surface area contributed by atoms with Gasteiger partial charge >= 0.3 is 5.97 Å². The van der Waals surface area contributed by atoms with Crippen LogP contribution in [0.2, 0.25) is 5.02 Å². The lowest BCUT2D eigenvalue weighted by Crippen LogP contribution is -2.50. The molecule has 0 saturated carbocycles. The lowest BCUT2D eigenvalue weighted by atomic mass is 9.83. The van der Waals surface area contributed by atoms with Gasteiger partial charge < -0.3 is 10.1 Å². The Morgan fingerprint density at radius 1 is 1.23 bits per heavy atom. The van der Waals surface area contributed by atoms with Gasteiger partial charge in [-0.2, -0.15) is 4.31 Å². The summed E-state index contributed by atoms with van der Waals surface area (Å²) in [5.74, 6) is -0.949. The highest BCUT2D eigenvalue weighted by molar-refractivity contribution is 7.91. The van der Waals surface area contributed by atoms with E-state index in [2.05, 4.69) is 5.32 Å². The Morgan fingerprint density at radius 3 is 2.58 bits per heavy atom. The summed E-state index contributed by atoms with van der Waals surface area (Å²) >= 11 is 7.32. The van der Waals surface area contributed by atoms with Gasteiger partial charge in [-0.05, 0) is 30.0 Å². The molecule has 0 bridgehead atoms. The quantitative estimate of drug-likeness (QED) is 0.664. The number of esters is 1. The van der Waals surface area contributed by atoms with Crippen LogP contribution in [0, 0.1) is 0 Å². The second kappa shape index (κ2) is 8.38. The minimum Gasteiger partial charge on any atom is -0.450 e. The van der Waals surface area contributed by atoms with Gasteiger partial charge in [0.15, 0.2) is 0 Å². The maximum Gasteiger partial charge on any atom is 0.335 e. The number of rotatable bonds is 5. The highest BCUT2D eigenvalue weighted by Gasteiger charge is 2.52. The molecular formula is C21H21ClN2O5S2. The van der Waals surface area contributed by atoms with Gasteiger partial charge in [0, 0.05) is 43.1 Å². The summed E-state index contributed by atoms with van der Waals surface area (Å²) in [7, 11) is -3.60. The first-order valence-corrected chi connectivity index (χ1v) is 12.4. The van der Waals surface area contributed by atoms with Gasteiger partial charge in [0.25, 0.3) is 15.9 Å². The summed E-state index contributed by atoms with van der Waals surface area (Å²) in [5, 5.41) is 5.07. The molecule has 1 fully saturated rings. The minimum atomic E-state index is -3.60. The SMILES string of the molecule is CC1=C(C(=O)NCc2ccccc2Cl)C2(CCN(S(=O)(=O)c3cccs3)CC2)OC1=O. The van der Waals surface area contributed by atoms with Crippen LogP contribution in [0.25, 0.3) is 0 Å². The molecule has 0 atom stereocenters.